The van der Waals surface area contributed by atoms with E-state index in [4.69, 9.17) is 4.74 Å². The summed E-state index contributed by atoms with van der Waals surface area (Å²) in [5.74, 6) is -3.64. The molecule has 0 bridgehead atoms. The van der Waals surface area contributed by atoms with E-state index >= 15 is 0 Å². The number of rotatable bonds is 7. The van der Waals surface area contributed by atoms with E-state index in [1.54, 1.807) is 24.3 Å². The highest BCUT2D eigenvalue weighted by Gasteiger charge is 2.60. The van der Waals surface area contributed by atoms with Gasteiger partial charge in [-0.2, -0.15) is 13.2 Å². The Morgan fingerprint density at radius 1 is 1.17 bits per heavy atom. The van der Waals surface area contributed by atoms with Gasteiger partial charge in [0.15, 0.2) is 0 Å². The number of alkyl halides is 3. The van der Waals surface area contributed by atoms with Crippen LogP contribution in [0.25, 0.3) is 0 Å². The van der Waals surface area contributed by atoms with E-state index in [1.807, 2.05) is 30.3 Å². The first-order valence-electron chi connectivity index (χ1n) is 8.79. The molecule has 3 rings (SSSR count). The van der Waals surface area contributed by atoms with Gasteiger partial charge in [0.2, 0.25) is 5.91 Å². The van der Waals surface area contributed by atoms with Crippen LogP contribution >= 0.6 is 0 Å². The molecule has 0 aliphatic carbocycles. The Kier molecular flexibility index (Phi) is 6.19. The number of hydrogen-bond acceptors (Lipinski definition) is 5. The Morgan fingerprint density at radius 2 is 1.90 bits per heavy atom. The molecule has 0 radical (unpaired) electrons. The lowest BCUT2D eigenvalue weighted by molar-refractivity contribution is -0.355. The Bertz CT molecular complexity index is 887. The third-order valence-electron chi connectivity index (χ3n) is 4.25. The highest BCUT2D eigenvalue weighted by molar-refractivity contribution is 6.01. The Morgan fingerprint density at radius 3 is 2.59 bits per heavy atom. The Labute approximate surface area is 164 Å². The number of amides is 1. The first-order chi connectivity index (χ1) is 13.8. The van der Waals surface area contributed by atoms with Crippen LogP contribution in [0.2, 0.25) is 0 Å². The number of oxime groups is 1. The Hall–Kier alpha value is -2.91. The maximum atomic E-state index is 12.8. The van der Waals surface area contributed by atoms with Gasteiger partial charge in [-0.15, -0.1) is 0 Å². The summed E-state index contributed by atoms with van der Waals surface area (Å²) in [4.78, 5) is 16.1. The van der Waals surface area contributed by atoms with Gasteiger partial charge in [-0.05, 0) is 22.8 Å². The maximum absolute atomic E-state index is 12.8. The van der Waals surface area contributed by atoms with Crippen LogP contribution in [0.15, 0.2) is 59.8 Å². The van der Waals surface area contributed by atoms with Crippen molar-refractivity contribution >= 4 is 11.6 Å². The molecule has 2 N–H and O–H groups in total. The molecule has 2 aromatic carbocycles. The number of hydrogen-bond donors (Lipinski definition) is 2. The molecule has 1 aliphatic heterocycles. The van der Waals surface area contributed by atoms with Crippen LogP contribution in [0.4, 0.5) is 13.2 Å². The standard InChI is InChI=1S/C20H19F3N2O4/c21-20(22,23)19(27)10-17(25-29-19)16-8-4-7-15(9-16)11-24-18(26)13-28-12-14-5-2-1-3-6-14/h1-9,27H,10-13H2,(H,24,26). The molecule has 1 heterocycles. The first kappa shape index (κ1) is 20.8. The van der Waals surface area contributed by atoms with Crippen LogP contribution in [0.5, 0.6) is 0 Å². The average Bonchev–Trinajstić information content (AvgIpc) is 3.11. The highest BCUT2D eigenvalue weighted by atomic mass is 19.4. The van der Waals surface area contributed by atoms with E-state index in [0.717, 1.165) is 5.56 Å². The molecule has 2 aromatic rings. The molecule has 1 aliphatic rings. The molecule has 1 atom stereocenters. The summed E-state index contributed by atoms with van der Waals surface area (Å²) in [5, 5.41) is 15.6. The van der Waals surface area contributed by atoms with Crippen molar-refractivity contribution in [3.8, 4) is 0 Å². The molecule has 9 heteroatoms. The fourth-order valence-corrected chi connectivity index (χ4v) is 2.68. The summed E-state index contributed by atoms with van der Waals surface area (Å²) in [6, 6.07) is 15.9. The lowest BCUT2D eigenvalue weighted by Gasteiger charge is -2.22. The number of aliphatic hydroxyl groups is 1. The average molecular weight is 408 g/mol. The molecule has 1 amide bonds. The topological polar surface area (TPSA) is 80.2 Å². The van der Waals surface area contributed by atoms with Gasteiger partial charge in [0.1, 0.15) is 6.61 Å². The first-order valence-corrected chi connectivity index (χ1v) is 8.79. The minimum atomic E-state index is -4.95. The normalized spacial score (nSPS) is 18.8. The number of halogens is 3. The minimum Gasteiger partial charge on any atom is -0.367 e. The molecule has 0 aromatic heterocycles. The minimum absolute atomic E-state index is 0.0239. The number of benzene rings is 2. The monoisotopic (exact) mass is 408 g/mol. The van der Waals surface area contributed by atoms with Crippen molar-refractivity contribution in [3.63, 3.8) is 0 Å². The van der Waals surface area contributed by atoms with E-state index in [1.165, 1.54) is 0 Å². The van der Waals surface area contributed by atoms with E-state index in [-0.39, 0.29) is 24.8 Å². The smallest absolute Gasteiger partial charge is 0.367 e. The van der Waals surface area contributed by atoms with Crippen molar-refractivity contribution in [1.29, 1.82) is 0 Å². The number of carbonyl (C=O) groups is 1. The predicted octanol–water partition coefficient (Wildman–Crippen LogP) is 2.89. The van der Waals surface area contributed by atoms with Gasteiger partial charge in [0.25, 0.3) is 0 Å². The summed E-state index contributed by atoms with van der Waals surface area (Å²) in [6.07, 6.45) is -5.76. The van der Waals surface area contributed by atoms with Crippen LogP contribution in [0, 0.1) is 0 Å². The van der Waals surface area contributed by atoms with Gasteiger partial charge in [-0.25, -0.2) is 0 Å². The molecule has 0 spiro atoms. The van der Waals surface area contributed by atoms with E-state index < -0.39 is 18.4 Å². The summed E-state index contributed by atoms with van der Waals surface area (Å²) < 4.78 is 43.8. The molecule has 0 saturated heterocycles. The zero-order valence-corrected chi connectivity index (χ0v) is 15.3. The largest absolute Gasteiger partial charge is 0.458 e. The van der Waals surface area contributed by atoms with Crippen molar-refractivity contribution in [1.82, 2.24) is 5.32 Å². The van der Waals surface area contributed by atoms with Crippen LogP contribution in [-0.2, 0) is 27.5 Å². The van der Waals surface area contributed by atoms with E-state index in [9.17, 15) is 23.1 Å². The zero-order valence-electron chi connectivity index (χ0n) is 15.3. The quantitative estimate of drug-likeness (QED) is 0.738. The van der Waals surface area contributed by atoms with Crippen molar-refractivity contribution in [2.75, 3.05) is 6.61 Å². The molecule has 0 fully saturated rings. The second kappa shape index (κ2) is 8.62. The molecule has 1 unspecified atom stereocenters. The second-order valence-electron chi connectivity index (χ2n) is 6.54. The van der Waals surface area contributed by atoms with Gasteiger partial charge in [0, 0.05) is 6.54 Å². The van der Waals surface area contributed by atoms with Gasteiger partial charge in [-0.3, -0.25) is 4.79 Å². The molecule has 0 saturated carbocycles. The molecule has 6 nitrogen and oxygen atoms in total. The third kappa shape index (κ3) is 5.33. The molecular formula is C20H19F3N2O4. The predicted molar refractivity (Wildman–Crippen MR) is 97.6 cm³/mol. The fourth-order valence-electron chi connectivity index (χ4n) is 2.68. The van der Waals surface area contributed by atoms with Gasteiger partial charge in [0.05, 0.1) is 18.7 Å². The lowest BCUT2D eigenvalue weighted by Crippen LogP contribution is -2.45. The summed E-state index contributed by atoms with van der Waals surface area (Å²) in [7, 11) is 0. The van der Waals surface area contributed by atoms with E-state index in [0.29, 0.717) is 17.7 Å². The van der Waals surface area contributed by atoms with Gasteiger partial charge >= 0.3 is 12.0 Å². The van der Waals surface area contributed by atoms with Crippen LogP contribution in [0.3, 0.4) is 0 Å². The zero-order chi connectivity index (χ0) is 20.9. The Balaban J connectivity index is 1.49. The van der Waals surface area contributed by atoms with Crippen molar-refractivity contribution in [2.24, 2.45) is 5.16 Å². The SMILES string of the molecule is O=C(COCc1ccccc1)NCc1cccc(C2=NOC(O)(C(F)(F)F)C2)c1. The number of nitrogens with one attached hydrogen (secondary N) is 1. The van der Waals surface area contributed by atoms with Gasteiger partial charge < -0.3 is 20.0 Å². The van der Waals surface area contributed by atoms with Crippen molar-refractivity contribution < 1.29 is 32.6 Å². The van der Waals surface area contributed by atoms with Crippen LogP contribution in [-0.4, -0.2) is 35.3 Å². The van der Waals surface area contributed by atoms with Crippen LogP contribution in [0.1, 0.15) is 23.1 Å². The summed E-state index contributed by atoms with van der Waals surface area (Å²) in [6.45, 7) is 0.360. The van der Waals surface area contributed by atoms with E-state index in [2.05, 4.69) is 15.3 Å². The number of nitrogens with zero attached hydrogens (tertiary/aromatic N) is 1. The third-order valence-corrected chi connectivity index (χ3v) is 4.25. The molecular weight excluding hydrogens is 389 g/mol. The highest BCUT2D eigenvalue weighted by Crippen LogP contribution is 2.38. The van der Waals surface area contributed by atoms with Crippen molar-refractivity contribution in [3.05, 3.63) is 71.3 Å². The van der Waals surface area contributed by atoms with Gasteiger partial charge in [-0.1, -0.05) is 53.7 Å². The molecule has 29 heavy (non-hydrogen) atoms. The maximum Gasteiger partial charge on any atom is 0.458 e. The van der Waals surface area contributed by atoms with Crippen LogP contribution < -0.4 is 5.32 Å². The lowest BCUT2D eigenvalue weighted by atomic mass is 10.0. The second-order valence-corrected chi connectivity index (χ2v) is 6.54. The molecule has 154 valence electrons. The summed E-state index contributed by atoms with van der Waals surface area (Å²) >= 11 is 0. The summed E-state index contributed by atoms with van der Waals surface area (Å²) in [5.41, 5.74) is 1.96. The fraction of sp³-hybridized carbons (Fsp3) is 0.300. The number of carbonyl (C=O) groups excluding carboxylic acids is 1. The van der Waals surface area contributed by atoms with Crippen molar-refractivity contribution in [2.45, 2.75) is 31.5 Å². The number of ether oxygens (including phenoxy) is 1.